The number of benzene rings is 1. The number of halogens is 2. The number of ether oxygens (including phenoxy) is 1. The van der Waals surface area contributed by atoms with E-state index in [1.165, 1.54) is 17.8 Å². The van der Waals surface area contributed by atoms with Gasteiger partial charge >= 0.3 is 5.97 Å². The highest BCUT2D eigenvalue weighted by Gasteiger charge is 2.21. The highest BCUT2D eigenvalue weighted by molar-refractivity contribution is 7.99. The third kappa shape index (κ3) is 8.11. The molecular formula is C22H23Cl2N3O4S. The number of nitrogens with zero attached hydrogens (tertiary/aromatic N) is 2. The predicted molar refractivity (Wildman–Crippen MR) is 126 cm³/mol. The van der Waals surface area contributed by atoms with Crippen LogP contribution in [0.3, 0.4) is 0 Å². The van der Waals surface area contributed by atoms with Crippen molar-refractivity contribution in [1.29, 1.82) is 0 Å². The first-order chi connectivity index (χ1) is 15.4. The molecule has 1 aliphatic rings. The number of hydrogen-bond acceptors (Lipinski definition) is 6. The third-order valence-electron chi connectivity index (χ3n) is 4.67. The number of aromatic nitrogens is 1. The van der Waals surface area contributed by atoms with E-state index in [4.69, 9.17) is 33.0 Å². The highest BCUT2D eigenvalue weighted by atomic mass is 35.5. The molecule has 0 spiro atoms. The summed E-state index contributed by atoms with van der Waals surface area (Å²) in [5, 5.41) is 13.3. The molecule has 1 aromatic carbocycles. The van der Waals surface area contributed by atoms with Gasteiger partial charge in [-0.05, 0) is 35.4 Å². The average Bonchev–Trinajstić information content (AvgIpc) is 2.78. The Morgan fingerprint density at radius 3 is 2.84 bits per heavy atom. The van der Waals surface area contributed by atoms with E-state index in [1.807, 2.05) is 12.1 Å². The molecule has 2 aromatic rings. The zero-order valence-electron chi connectivity index (χ0n) is 17.2. The monoisotopic (exact) mass is 495 g/mol. The van der Waals surface area contributed by atoms with E-state index in [2.05, 4.69) is 15.2 Å². The standard InChI is InChI=1S/C22H23Cl2N3O4S/c23-18-4-1-16(9-19(18)24)12-27-7-8-31-17(13-27)11-25-20(28)14-32-21-5-2-15(10-26-21)3-6-22(29)30/h1-6,9-10,17H,7-8,11-14H2,(H,25,28)(H,29,30)/t17-/m0/s1. The minimum Gasteiger partial charge on any atom is -0.478 e. The number of aliphatic carboxylic acids is 1. The molecule has 2 heterocycles. The molecule has 0 unspecified atom stereocenters. The molecule has 10 heteroatoms. The number of rotatable bonds is 9. The lowest BCUT2D eigenvalue weighted by Crippen LogP contribution is -2.47. The Hall–Kier alpha value is -2.10. The molecule has 2 N–H and O–H groups in total. The second kappa shape index (κ2) is 12.2. The summed E-state index contributed by atoms with van der Waals surface area (Å²) in [6.45, 7) is 3.29. The number of nitrogens with one attached hydrogen (secondary N) is 1. The molecule has 0 saturated carbocycles. The number of hydrogen-bond donors (Lipinski definition) is 2. The third-order valence-corrected chi connectivity index (χ3v) is 6.35. The van der Waals surface area contributed by atoms with Gasteiger partial charge in [-0.15, -0.1) is 0 Å². The smallest absolute Gasteiger partial charge is 0.328 e. The molecule has 0 aliphatic carbocycles. The van der Waals surface area contributed by atoms with Crippen LogP contribution in [0.5, 0.6) is 0 Å². The fraction of sp³-hybridized carbons (Fsp3) is 0.318. The molecular weight excluding hydrogens is 473 g/mol. The number of carbonyl (C=O) groups excluding carboxylic acids is 1. The summed E-state index contributed by atoms with van der Waals surface area (Å²) in [6, 6.07) is 9.14. The first-order valence-electron chi connectivity index (χ1n) is 9.93. The van der Waals surface area contributed by atoms with Crippen LogP contribution >= 0.6 is 35.0 Å². The van der Waals surface area contributed by atoms with Crippen molar-refractivity contribution in [2.45, 2.75) is 17.7 Å². The second-order valence-corrected chi connectivity index (χ2v) is 8.98. The largest absolute Gasteiger partial charge is 0.478 e. The van der Waals surface area contributed by atoms with Crippen LogP contribution in [-0.4, -0.2) is 65.0 Å². The Kier molecular flexibility index (Phi) is 9.37. The zero-order valence-corrected chi connectivity index (χ0v) is 19.5. The average molecular weight is 496 g/mol. The Morgan fingerprint density at radius 2 is 2.12 bits per heavy atom. The minimum absolute atomic E-state index is 0.0843. The molecule has 1 saturated heterocycles. The number of carboxylic acids is 1. The summed E-state index contributed by atoms with van der Waals surface area (Å²) in [4.78, 5) is 29.2. The van der Waals surface area contributed by atoms with Gasteiger partial charge in [-0.1, -0.05) is 47.1 Å². The molecule has 1 atom stereocenters. The van der Waals surface area contributed by atoms with Crippen molar-refractivity contribution in [3.63, 3.8) is 0 Å². The van der Waals surface area contributed by atoms with Gasteiger partial charge in [0.25, 0.3) is 0 Å². The molecule has 1 aliphatic heterocycles. The lowest BCUT2D eigenvalue weighted by molar-refractivity contribution is -0.131. The van der Waals surface area contributed by atoms with Crippen LogP contribution in [0.15, 0.2) is 47.6 Å². The molecule has 170 valence electrons. The minimum atomic E-state index is -1.01. The molecule has 0 bridgehead atoms. The Balaban J connectivity index is 1.39. The van der Waals surface area contributed by atoms with Gasteiger partial charge in [0, 0.05) is 38.5 Å². The van der Waals surface area contributed by atoms with Gasteiger partial charge < -0.3 is 15.2 Å². The fourth-order valence-corrected chi connectivity index (χ4v) is 4.10. The maximum absolute atomic E-state index is 12.2. The molecule has 32 heavy (non-hydrogen) atoms. The van der Waals surface area contributed by atoms with Crippen LogP contribution in [0, 0.1) is 0 Å². The van der Waals surface area contributed by atoms with Gasteiger partial charge in [0.15, 0.2) is 0 Å². The number of thioether (sulfide) groups is 1. The Morgan fingerprint density at radius 1 is 1.28 bits per heavy atom. The van der Waals surface area contributed by atoms with Crippen molar-refractivity contribution in [3.8, 4) is 0 Å². The van der Waals surface area contributed by atoms with E-state index in [9.17, 15) is 9.59 Å². The summed E-state index contributed by atoms with van der Waals surface area (Å²) >= 11 is 13.4. The SMILES string of the molecule is O=C(O)C=Cc1ccc(SCC(=O)NC[C@H]2CN(Cc3ccc(Cl)c(Cl)c3)CCO2)nc1. The fourth-order valence-electron chi connectivity index (χ4n) is 3.11. The van der Waals surface area contributed by atoms with E-state index in [1.54, 1.807) is 24.4 Å². The number of pyridine rings is 1. The lowest BCUT2D eigenvalue weighted by atomic mass is 10.2. The molecule has 0 radical (unpaired) electrons. The van der Waals surface area contributed by atoms with Gasteiger partial charge in [-0.2, -0.15) is 0 Å². The van der Waals surface area contributed by atoms with Crippen LogP contribution in [-0.2, 0) is 20.9 Å². The van der Waals surface area contributed by atoms with Crippen molar-refractivity contribution in [2.75, 3.05) is 32.0 Å². The van der Waals surface area contributed by atoms with Crippen LogP contribution in [0.1, 0.15) is 11.1 Å². The van der Waals surface area contributed by atoms with Gasteiger partial charge in [0.05, 0.1) is 33.5 Å². The van der Waals surface area contributed by atoms with Crippen molar-refractivity contribution < 1.29 is 19.4 Å². The number of carboxylic acid groups (broad SMARTS) is 1. The van der Waals surface area contributed by atoms with Crippen LogP contribution in [0.25, 0.3) is 6.08 Å². The Bertz CT molecular complexity index is 972. The zero-order chi connectivity index (χ0) is 22.9. The quantitative estimate of drug-likeness (QED) is 0.405. The summed E-state index contributed by atoms with van der Waals surface area (Å²) in [7, 11) is 0. The van der Waals surface area contributed by atoms with Crippen LogP contribution in [0.2, 0.25) is 10.0 Å². The van der Waals surface area contributed by atoms with Gasteiger partial charge in [0.2, 0.25) is 5.91 Å². The summed E-state index contributed by atoms with van der Waals surface area (Å²) in [5.41, 5.74) is 1.76. The summed E-state index contributed by atoms with van der Waals surface area (Å²) in [6.07, 6.45) is 4.00. The Labute approximate surface area is 200 Å². The first kappa shape index (κ1) is 24.5. The van der Waals surface area contributed by atoms with Crippen LogP contribution in [0.4, 0.5) is 0 Å². The second-order valence-electron chi connectivity index (χ2n) is 7.17. The van der Waals surface area contributed by atoms with Gasteiger partial charge in [-0.25, -0.2) is 9.78 Å². The number of carbonyl (C=O) groups is 2. The van der Waals surface area contributed by atoms with E-state index in [-0.39, 0.29) is 17.8 Å². The van der Waals surface area contributed by atoms with Gasteiger partial charge in [0.1, 0.15) is 0 Å². The summed E-state index contributed by atoms with van der Waals surface area (Å²) in [5.74, 6) is -0.881. The number of amides is 1. The molecule has 1 fully saturated rings. The maximum atomic E-state index is 12.2. The maximum Gasteiger partial charge on any atom is 0.328 e. The van der Waals surface area contributed by atoms with E-state index < -0.39 is 5.97 Å². The van der Waals surface area contributed by atoms with Crippen LogP contribution < -0.4 is 5.32 Å². The van der Waals surface area contributed by atoms with Crippen molar-refractivity contribution in [2.24, 2.45) is 0 Å². The number of morpholine rings is 1. The molecule has 7 nitrogen and oxygen atoms in total. The van der Waals surface area contributed by atoms with Crippen molar-refractivity contribution in [3.05, 3.63) is 63.8 Å². The summed E-state index contributed by atoms with van der Waals surface area (Å²) < 4.78 is 5.78. The lowest BCUT2D eigenvalue weighted by Gasteiger charge is -2.33. The van der Waals surface area contributed by atoms with E-state index >= 15 is 0 Å². The predicted octanol–water partition coefficient (Wildman–Crippen LogP) is 3.60. The first-order valence-corrected chi connectivity index (χ1v) is 11.7. The highest BCUT2D eigenvalue weighted by Crippen LogP contribution is 2.23. The molecule has 3 rings (SSSR count). The van der Waals surface area contributed by atoms with Crippen molar-refractivity contribution in [1.82, 2.24) is 15.2 Å². The van der Waals surface area contributed by atoms with Crippen molar-refractivity contribution >= 4 is 52.9 Å². The van der Waals surface area contributed by atoms with Gasteiger partial charge in [-0.3, -0.25) is 9.69 Å². The molecule has 1 aromatic heterocycles. The van der Waals surface area contributed by atoms with E-state index in [0.717, 1.165) is 24.7 Å². The normalized spacial score (nSPS) is 16.9. The topological polar surface area (TPSA) is 91.8 Å². The molecule has 1 amide bonds. The van der Waals surface area contributed by atoms with E-state index in [0.29, 0.717) is 40.3 Å².